The normalized spacial score (nSPS) is 12.0. The number of aromatic nitrogens is 3. The molecule has 0 aliphatic heterocycles. The monoisotopic (exact) mass is 387 g/mol. The van der Waals surface area contributed by atoms with Crippen molar-refractivity contribution in [2.75, 3.05) is 6.61 Å². The smallest absolute Gasteiger partial charge is 0.324 e. The van der Waals surface area contributed by atoms with Gasteiger partial charge in [-0.15, -0.1) is 10.2 Å². The van der Waals surface area contributed by atoms with E-state index in [0.29, 0.717) is 22.6 Å². The van der Waals surface area contributed by atoms with Crippen LogP contribution in [0.2, 0.25) is 5.02 Å². The summed E-state index contributed by atoms with van der Waals surface area (Å²) in [5.41, 5.74) is 1.77. The van der Waals surface area contributed by atoms with Gasteiger partial charge in [-0.05, 0) is 36.8 Å². The van der Waals surface area contributed by atoms with E-state index in [9.17, 15) is 4.79 Å². The van der Waals surface area contributed by atoms with Gasteiger partial charge in [0.25, 0.3) is 0 Å². The molecule has 0 spiro atoms. The number of esters is 1. The van der Waals surface area contributed by atoms with Crippen molar-refractivity contribution in [3.05, 3.63) is 65.2 Å². The SMILES string of the molecule is CCOC(=O)[C@H](Sc1nnc(-c2ccc(Cl)cc2)n1C)c1ccccc1. The number of rotatable bonds is 6. The van der Waals surface area contributed by atoms with Gasteiger partial charge in [0.05, 0.1) is 6.61 Å². The standard InChI is InChI=1S/C19H18ClN3O2S/c1-3-25-18(24)16(13-7-5-4-6-8-13)26-19-22-21-17(23(19)2)14-9-11-15(20)12-10-14/h4-12,16H,3H2,1-2H3/t16-/m1/s1. The maximum absolute atomic E-state index is 12.5. The molecule has 134 valence electrons. The second kappa shape index (κ2) is 8.38. The quantitative estimate of drug-likeness (QED) is 0.459. The van der Waals surface area contributed by atoms with Gasteiger partial charge in [0.15, 0.2) is 11.0 Å². The number of carbonyl (C=O) groups excluding carboxylic acids is 1. The average molecular weight is 388 g/mol. The van der Waals surface area contributed by atoms with Crippen molar-refractivity contribution in [2.24, 2.45) is 7.05 Å². The summed E-state index contributed by atoms with van der Waals surface area (Å²) in [6, 6.07) is 16.9. The minimum absolute atomic E-state index is 0.292. The highest BCUT2D eigenvalue weighted by molar-refractivity contribution is 8.00. The molecule has 3 rings (SSSR count). The zero-order valence-corrected chi connectivity index (χ0v) is 16.0. The van der Waals surface area contributed by atoms with Gasteiger partial charge in [-0.2, -0.15) is 0 Å². The number of hydrogen-bond donors (Lipinski definition) is 0. The van der Waals surface area contributed by atoms with Gasteiger partial charge in [-0.25, -0.2) is 0 Å². The predicted octanol–water partition coefficient (Wildman–Crippen LogP) is 4.53. The van der Waals surface area contributed by atoms with E-state index >= 15 is 0 Å². The van der Waals surface area contributed by atoms with Crippen molar-refractivity contribution in [1.82, 2.24) is 14.8 Å². The number of halogens is 1. The van der Waals surface area contributed by atoms with Crippen LogP contribution in [-0.2, 0) is 16.6 Å². The maximum atomic E-state index is 12.5. The van der Waals surface area contributed by atoms with E-state index in [4.69, 9.17) is 16.3 Å². The van der Waals surface area contributed by atoms with Gasteiger partial charge in [0.1, 0.15) is 5.25 Å². The molecule has 1 heterocycles. The number of hydrogen-bond acceptors (Lipinski definition) is 5. The topological polar surface area (TPSA) is 57.0 Å². The van der Waals surface area contributed by atoms with Gasteiger partial charge in [0, 0.05) is 17.6 Å². The summed E-state index contributed by atoms with van der Waals surface area (Å²) < 4.78 is 7.11. The Labute approximate surface area is 161 Å². The fourth-order valence-corrected chi connectivity index (χ4v) is 3.60. The fraction of sp³-hybridized carbons (Fsp3) is 0.211. The molecular weight excluding hydrogens is 370 g/mol. The lowest BCUT2D eigenvalue weighted by atomic mass is 10.1. The second-order valence-electron chi connectivity index (χ2n) is 5.53. The number of benzene rings is 2. The van der Waals surface area contributed by atoms with Gasteiger partial charge >= 0.3 is 5.97 Å². The first-order chi connectivity index (χ1) is 12.6. The Balaban J connectivity index is 1.90. The van der Waals surface area contributed by atoms with Crippen LogP contribution in [0, 0.1) is 0 Å². The van der Waals surface area contributed by atoms with Crippen LogP contribution in [0.15, 0.2) is 59.8 Å². The highest BCUT2D eigenvalue weighted by Crippen LogP contribution is 2.36. The van der Waals surface area contributed by atoms with Gasteiger partial charge in [0.2, 0.25) is 0 Å². The second-order valence-corrected chi connectivity index (χ2v) is 7.04. The Hall–Kier alpha value is -2.31. The fourth-order valence-electron chi connectivity index (χ4n) is 2.47. The van der Waals surface area contributed by atoms with E-state index < -0.39 is 5.25 Å². The predicted molar refractivity (Wildman–Crippen MR) is 103 cm³/mol. The van der Waals surface area contributed by atoms with E-state index in [-0.39, 0.29) is 5.97 Å². The van der Waals surface area contributed by atoms with Crippen molar-refractivity contribution in [2.45, 2.75) is 17.3 Å². The molecule has 0 aliphatic rings. The molecule has 0 bridgehead atoms. The summed E-state index contributed by atoms with van der Waals surface area (Å²) in [6.07, 6.45) is 0. The number of ether oxygens (including phenoxy) is 1. The zero-order chi connectivity index (χ0) is 18.5. The Morgan fingerprint density at radius 2 is 1.85 bits per heavy atom. The summed E-state index contributed by atoms with van der Waals surface area (Å²) in [5.74, 6) is 0.416. The summed E-state index contributed by atoms with van der Waals surface area (Å²) in [6.45, 7) is 2.13. The van der Waals surface area contributed by atoms with Crippen LogP contribution in [-0.4, -0.2) is 27.3 Å². The molecular formula is C19H18ClN3O2S. The summed E-state index contributed by atoms with van der Waals surface area (Å²) in [7, 11) is 1.87. The third-order valence-electron chi connectivity index (χ3n) is 3.76. The maximum Gasteiger partial charge on any atom is 0.324 e. The van der Waals surface area contributed by atoms with E-state index in [2.05, 4.69) is 10.2 Å². The molecule has 1 aromatic heterocycles. The van der Waals surface area contributed by atoms with E-state index in [0.717, 1.165) is 11.1 Å². The lowest BCUT2D eigenvalue weighted by Gasteiger charge is -2.15. The third-order valence-corrected chi connectivity index (χ3v) is 5.28. The van der Waals surface area contributed by atoms with Crippen LogP contribution in [0.5, 0.6) is 0 Å². The van der Waals surface area contributed by atoms with Crippen molar-refractivity contribution in [3.63, 3.8) is 0 Å². The molecule has 0 unspecified atom stereocenters. The molecule has 0 aliphatic carbocycles. The molecule has 0 N–H and O–H groups in total. The first kappa shape index (κ1) is 18.5. The van der Waals surface area contributed by atoms with Crippen LogP contribution in [0.3, 0.4) is 0 Å². The summed E-state index contributed by atoms with van der Waals surface area (Å²) in [4.78, 5) is 12.5. The highest BCUT2D eigenvalue weighted by atomic mass is 35.5. The molecule has 0 fully saturated rings. The van der Waals surface area contributed by atoms with Gasteiger partial charge in [-0.3, -0.25) is 4.79 Å². The number of carbonyl (C=O) groups is 1. The van der Waals surface area contributed by atoms with E-state index in [1.54, 1.807) is 6.92 Å². The number of nitrogens with zero attached hydrogens (tertiary/aromatic N) is 3. The minimum atomic E-state index is -0.503. The zero-order valence-electron chi connectivity index (χ0n) is 14.4. The van der Waals surface area contributed by atoms with Crippen molar-refractivity contribution < 1.29 is 9.53 Å². The molecule has 5 nitrogen and oxygen atoms in total. The third kappa shape index (κ3) is 4.08. The largest absolute Gasteiger partial charge is 0.465 e. The van der Waals surface area contributed by atoms with Crippen LogP contribution in [0.1, 0.15) is 17.7 Å². The van der Waals surface area contributed by atoms with Crippen molar-refractivity contribution in [1.29, 1.82) is 0 Å². The van der Waals surface area contributed by atoms with Crippen molar-refractivity contribution in [3.8, 4) is 11.4 Å². The average Bonchev–Trinajstić information content (AvgIpc) is 3.02. The molecule has 0 saturated carbocycles. The summed E-state index contributed by atoms with van der Waals surface area (Å²) in [5, 5.41) is 9.32. The summed E-state index contributed by atoms with van der Waals surface area (Å²) >= 11 is 7.27. The molecule has 7 heteroatoms. The highest BCUT2D eigenvalue weighted by Gasteiger charge is 2.26. The number of thioether (sulfide) groups is 1. The van der Waals surface area contributed by atoms with Crippen LogP contribution in [0.25, 0.3) is 11.4 Å². The molecule has 1 atom stereocenters. The first-order valence-corrected chi connectivity index (χ1v) is 9.39. The molecule has 3 aromatic rings. The van der Waals surface area contributed by atoms with Crippen molar-refractivity contribution >= 4 is 29.3 Å². The minimum Gasteiger partial charge on any atom is -0.465 e. The Bertz CT molecular complexity index is 882. The van der Waals surface area contributed by atoms with E-state index in [1.807, 2.05) is 66.2 Å². The molecule has 26 heavy (non-hydrogen) atoms. The van der Waals surface area contributed by atoms with Crippen LogP contribution >= 0.6 is 23.4 Å². The molecule has 0 amide bonds. The van der Waals surface area contributed by atoms with Crippen LogP contribution in [0.4, 0.5) is 0 Å². The molecule has 0 saturated heterocycles. The Morgan fingerprint density at radius 3 is 2.50 bits per heavy atom. The van der Waals surface area contributed by atoms with Gasteiger partial charge < -0.3 is 9.30 Å². The van der Waals surface area contributed by atoms with Gasteiger partial charge in [-0.1, -0.05) is 53.7 Å². The Morgan fingerprint density at radius 1 is 1.15 bits per heavy atom. The molecule has 0 radical (unpaired) electrons. The molecule has 2 aromatic carbocycles. The lowest BCUT2D eigenvalue weighted by molar-refractivity contribution is -0.142. The lowest BCUT2D eigenvalue weighted by Crippen LogP contribution is -2.14. The van der Waals surface area contributed by atoms with Crippen LogP contribution < -0.4 is 0 Å². The first-order valence-electron chi connectivity index (χ1n) is 8.13. The Kier molecular flexibility index (Phi) is 5.96. The van der Waals surface area contributed by atoms with E-state index in [1.165, 1.54) is 11.8 Å².